The third-order valence-electron chi connectivity index (χ3n) is 7.67. The van der Waals surface area contributed by atoms with Crippen LogP contribution in [0, 0.1) is 0 Å². The summed E-state index contributed by atoms with van der Waals surface area (Å²) >= 11 is 0. The number of esters is 1. The highest BCUT2D eigenvalue weighted by molar-refractivity contribution is 7.47. The van der Waals surface area contributed by atoms with Gasteiger partial charge < -0.3 is 18.9 Å². The van der Waals surface area contributed by atoms with Gasteiger partial charge in [0.2, 0.25) is 0 Å². The van der Waals surface area contributed by atoms with Gasteiger partial charge in [-0.25, -0.2) is 4.57 Å². The Morgan fingerprint density at radius 2 is 1.07 bits per heavy atom. The van der Waals surface area contributed by atoms with Crippen LogP contribution in [0.2, 0.25) is 0 Å². The summed E-state index contributed by atoms with van der Waals surface area (Å²) in [5, 5.41) is 0. The molecule has 0 aliphatic heterocycles. The van der Waals surface area contributed by atoms with Crippen LogP contribution in [0.15, 0.2) is 0 Å². The van der Waals surface area contributed by atoms with E-state index in [1.54, 1.807) is 0 Å². The maximum atomic E-state index is 12.4. The zero-order valence-electron chi connectivity index (χ0n) is 29.0. The number of quaternary nitrogens is 1. The highest BCUT2D eigenvalue weighted by Gasteiger charge is 2.26. The molecule has 8 nitrogen and oxygen atoms in total. The van der Waals surface area contributed by atoms with Crippen molar-refractivity contribution in [2.75, 3.05) is 54.1 Å². The Labute approximate surface area is 266 Å². The van der Waals surface area contributed by atoms with Crippen molar-refractivity contribution >= 4 is 13.8 Å². The maximum absolute atomic E-state index is 12.4. The lowest BCUT2D eigenvalue weighted by molar-refractivity contribution is -0.870. The van der Waals surface area contributed by atoms with Crippen molar-refractivity contribution in [3.63, 3.8) is 0 Å². The molecule has 0 aromatic rings. The summed E-state index contributed by atoms with van der Waals surface area (Å²) in [6, 6.07) is 0. The maximum Gasteiger partial charge on any atom is 0.472 e. The standard InChI is InChI=1S/C34H70NO7P/c1-6-8-10-12-14-15-16-17-18-19-20-21-22-24-26-29-39-31-33(42-34(36)27-25-23-13-11-9-7-2)32-41-43(37,38)40-30-28-35(3,4)5/h33H,6-32H2,1-5H3/p+1. The number of ether oxygens (including phenoxy) is 2. The van der Waals surface area contributed by atoms with E-state index >= 15 is 0 Å². The first kappa shape index (κ1) is 42.5. The van der Waals surface area contributed by atoms with Gasteiger partial charge in [0.25, 0.3) is 0 Å². The number of rotatable bonds is 33. The fourth-order valence-corrected chi connectivity index (χ4v) is 5.59. The number of unbranched alkanes of at least 4 members (excludes halogenated alkanes) is 19. The van der Waals surface area contributed by atoms with Crippen molar-refractivity contribution in [3.05, 3.63) is 0 Å². The molecule has 0 rings (SSSR count). The molecule has 0 amide bonds. The SMILES string of the molecule is CCCCCCCCCCCCCCCCCOCC(COP(=O)(O)OCC[N+](C)(C)C)OC(=O)CCCCCCCC. The molecule has 0 saturated heterocycles. The molecule has 43 heavy (non-hydrogen) atoms. The van der Waals surface area contributed by atoms with Crippen LogP contribution in [0.3, 0.4) is 0 Å². The molecule has 0 saturated carbocycles. The van der Waals surface area contributed by atoms with Gasteiger partial charge in [-0.2, -0.15) is 0 Å². The fourth-order valence-electron chi connectivity index (χ4n) is 4.85. The minimum absolute atomic E-state index is 0.0927. The molecule has 0 aromatic heterocycles. The van der Waals surface area contributed by atoms with E-state index < -0.39 is 13.9 Å². The van der Waals surface area contributed by atoms with Crippen LogP contribution < -0.4 is 0 Å². The molecule has 0 heterocycles. The fraction of sp³-hybridized carbons (Fsp3) is 0.971. The molecule has 0 fully saturated rings. The van der Waals surface area contributed by atoms with E-state index in [4.69, 9.17) is 18.5 Å². The van der Waals surface area contributed by atoms with Crippen molar-refractivity contribution in [3.8, 4) is 0 Å². The molecule has 2 unspecified atom stereocenters. The first-order valence-corrected chi connectivity index (χ1v) is 19.3. The molecular formula is C34H71NO7P+. The van der Waals surface area contributed by atoms with Gasteiger partial charge in [-0.3, -0.25) is 13.8 Å². The van der Waals surface area contributed by atoms with Gasteiger partial charge in [-0.15, -0.1) is 0 Å². The van der Waals surface area contributed by atoms with Crippen LogP contribution in [0.4, 0.5) is 0 Å². The van der Waals surface area contributed by atoms with Crippen molar-refractivity contribution in [2.24, 2.45) is 0 Å². The second-order valence-corrected chi connectivity index (χ2v) is 14.7. The Morgan fingerprint density at radius 3 is 1.53 bits per heavy atom. The molecule has 0 radical (unpaired) electrons. The van der Waals surface area contributed by atoms with E-state index in [-0.39, 0.29) is 25.8 Å². The summed E-state index contributed by atoms with van der Waals surface area (Å²) in [5.41, 5.74) is 0. The van der Waals surface area contributed by atoms with Crippen LogP contribution in [0.1, 0.15) is 155 Å². The van der Waals surface area contributed by atoms with Crippen molar-refractivity contribution < 1.29 is 37.3 Å². The van der Waals surface area contributed by atoms with Crippen LogP contribution in [-0.2, 0) is 27.9 Å². The highest BCUT2D eigenvalue weighted by atomic mass is 31.2. The van der Waals surface area contributed by atoms with Gasteiger partial charge in [0.1, 0.15) is 19.3 Å². The summed E-state index contributed by atoms with van der Waals surface area (Å²) in [5.74, 6) is -0.321. The van der Waals surface area contributed by atoms with Crippen molar-refractivity contribution in [1.29, 1.82) is 0 Å². The predicted octanol–water partition coefficient (Wildman–Crippen LogP) is 9.38. The molecule has 0 aliphatic carbocycles. The summed E-state index contributed by atoms with van der Waals surface area (Å²) in [6.45, 7) is 5.58. The minimum atomic E-state index is -4.25. The van der Waals surface area contributed by atoms with Crippen LogP contribution in [-0.4, -0.2) is 75.6 Å². The molecule has 258 valence electrons. The largest absolute Gasteiger partial charge is 0.472 e. The van der Waals surface area contributed by atoms with Crippen molar-refractivity contribution in [2.45, 2.75) is 161 Å². The first-order valence-electron chi connectivity index (χ1n) is 17.8. The van der Waals surface area contributed by atoms with Crippen LogP contribution in [0.5, 0.6) is 0 Å². The monoisotopic (exact) mass is 636 g/mol. The lowest BCUT2D eigenvalue weighted by atomic mass is 10.0. The molecule has 0 aliphatic rings. The second-order valence-electron chi connectivity index (χ2n) is 13.3. The molecule has 9 heteroatoms. The van der Waals surface area contributed by atoms with Gasteiger partial charge in [0, 0.05) is 13.0 Å². The van der Waals surface area contributed by atoms with E-state index in [2.05, 4.69) is 13.8 Å². The quantitative estimate of drug-likeness (QED) is 0.0332. The zero-order chi connectivity index (χ0) is 32.1. The topological polar surface area (TPSA) is 91.3 Å². The van der Waals surface area contributed by atoms with Gasteiger partial charge in [-0.1, -0.05) is 136 Å². The lowest BCUT2D eigenvalue weighted by Crippen LogP contribution is -2.37. The third-order valence-corrected chi connectivity index (χ3v) is 8.65. The van der Waals surface area contributed by atoms with E-state index in [0.717, 1.165) is 32.1 Å². The number of nitrogens with zero attached hydrogens (tertiary/aromatic N) is 1. The van der Waals surface area contributed by atoms with Crippen LogP contribution >= 0.6 is 7.82 Å². The van der Waals surface area contributed by atoms with Gasteiger partial charge in [0.05, 0.1) is 34.4 Å². The normalized spacial score (nSPS) is 14.1. The number of carbonyl (C=O) groups is 1. The van der Waals surface area contributed by atoms with Crippen LogP contribution in [0.25, 0.3) is 0 Å². The summed E-state index contributed by atoms with van der Waals surface area (Å²) in [6.07, 6.45) is 25.7. The van der Waals surface area contributed by atoms with Crippen molar-refractivity contribution in [1.82, 2.24) is 0 Å². The van der Waals surface area contributed by atoms with Gasteiger partial charge in [-0.05, 0) is 12.8 Å². The summed E-state index contributed by atoms with van der Waals surface area (Å²) in [4.78, 5) is 22.5. The molecule has 0 spiro atoms. The number of likely N-dealkylation sites (N-methyl/N-ethyl adjacent to an activating group) is 1. The highest BCUT2D eigenvalue weighted by Crippen LogP contribution is 2.43. The second kappa shape index (κ2) is 28.9. The minimum Gasteiger partial charge on any atom is -0.457 e. The Balaban J connectivity index is 4.17. The van der Waals surface area contributed by atoms with E-state index in [1.807, 2.05) is 21.1 Å². The number of carbonyl (C=O) groups excluding carboxylic acids is 1. The zero-order valence-corrected chi connectivity index (χ0v) is 29.9. The first-order chi connectivity index (χ1) is 20.6. The summed E-state index contributed by atoms with van der Waals surface area (Å²) < 4.78 is 34.6. The number of hydrogen-bond acceptors (Lipinski definition) is 6. The predicted molar refractivity (Wildman–Crippen MR) is 178 cm³/mol. The Kier molecular flexibility index (Phi) is 28.6. The molecular weight excluding hydrogens is 565 g/mol. The number of phosphoric acid groups is 1. The van der Waals surface area contributed by atoms with E-state index in [9.17, 15) is 14.3 Å². The van der Waals surface area contributed by atoms with E-state index in [1.165, 1.54) is 103 Å². The smallest absolute Gasteiger partial charge is 0.457 e. The molecule has 1 N–H and O–H groups in total. The number of hydrogen-bond donors (Lipinski definition) is 1. The lowest BCUT2D eigenvalue weighted by Gasteiger charge is -2.24. The van der Waals surface area contributed by atoms with E-state index in [0.29, 0.717) is 24.1 Å². The number of phosphoric ester groups is 1. The molecule has 0 aromatic carbocycles. The Hall–Kier alpha value is -0.500. The Bertz CT molecular complexity index is 672. The molecule has 2 atom stereocenters. The van der Waals surface area contributed by atoms with Gasteiger partial charge in [0.15, 0.2) is 0 Å². The Morgan fingerprint density at radius 1 is 0.628 bits per heavy atom. The average molecular weight is 637 g/mol. The average Bonchev–Trinajstić information content (AvgIpc) is 2.94. The summed E-state index contributed by atoms with van der Waals surface area (Å²) in [7, 11) is 1.68. The van der Waals surface area contributed by atoms with Gasteiger partial charge >= 0.3 is 13.8 Å². The molecule has 0 bridgehead atoms. The third kappa shape index (κ3) is 32.7.